The van der Waals surface area contributed by atoms with Crippen LogP contribution in [0.25, 0.3) is 0 Å². The van der Waals surface area contributed by atoms with Crippen LogP contribution >= 0.6 is 11.6 Å². The molecule has 17 heavy (non-hydrogen) atoms. The number of nitrogens with zero attached hydrogens (tertiary/aromatic N) is 1. The zero-order valence-electron chi connectivity index (χ0n) is 10.2. The summed E-state index contributed by atoms with van der Waals surface area (Å²) in [5, 5.41) is 3.74. The van der Waals surface area contributed by atoms with Gasteiger partial charge in [0.25, 0.3) is 0 Å². The molecule has 2 atom stereocenters. The fraction of sp³-hybridized carbons (Fsp3) is 0.538. The molecule has 4 heteroatoms. The SMILES string of the molecule is CNC1CCN(c2ccc(Cl)cc2F)C(C)C1. The fourth-order valence-corrected chi connectivity index (χ4v) is 2.67. The van der Waals surface area contributed by atoms with Crippen molar-refractivity contribution in [3.63, 3.8) is 0 Å². The fourth-order valence-electron chi connectivity index (χ4n) is 2.51. The van der Waals surface area contributed by atoms with Gasteiger partial charge in [-0.3, -0.25) is 0 Å². The Morgan fingerprint density at radius 1 is 1.47 bits per heavy atom. The molecule has 94 valence electrons. The van der Waals surface area contributed by atoms with Crippen molar-refractivity contribution < 1.29 is 4.39 Å². The van der Waals surface area contributed by atoms with Crippen LogP contribution in [0.1, 0.15) is 19.8 Å². The Balaban J connectivity index is 2.17. The zero-order valence-corrected chi connectivity index (χ0v) is 11.0. The molecule has 0 bridgehead atoms. The molecule has 1 aliphatic rings. The molecule has 0 radical (unpaired) electrons. The van der Waals surface area contributed by atoms with Crippen molar-refractivity contribution >= 4 is 17.3 Å². The van der Waals surface area contributed by atoms with E-state index in [0.717, 1.165) is 19.4 Å². The van der Waals surface area contributed by atoms with Crippen LogP contribution in [0.5, 0.6) is 0 Å². The van der Waals surface area contributed by atoms with Crippen LogP contribution in [0.2, 0.25) is 5.02 Å². The van der Waals surface area contributed by atoms with Gasteiger partial charge in [0.1, 0.15) is 5.82 Å². The second-order valence-electron chi connectivity index (χ2n) is 4.65. The number of rotatable bonds is 2. The largest absolute Gasteiger partial charge is 0.366 e. The summed E-state index contributed by atoms with van der Waals surface area (Å²) >= 11 is 5.77. The van der Waals surface area contributed by atoms with E-state index in [9.17, 15) is 4.39 Å². The van der Waals surface area contributed by atoms with Gasteiger partial charge in [-0.25, -0.2) is 4.39 Å². The lowest BCUT2D eigenvalue weighted by molar-refractivity contribution is 0.384. The van der Waals surface area contributed by atoms with E-state index < -0.39 is 0 Å². The van der Waals surface area contributed by atoms with Crippen LogP contribution in [0.15, 0.2) is 18.2 Å². The Labute approximate surface area is 107 Å². The summed E-state index contributed by atoms with van der Waals surface area (Å²) in [6.07, 6.45) is 2.08. The predicted octanol–water partition coefficient (Wildman–Crippen LogP) is 3.06. The van der Waals surface area contributed by atoms with Crippen LogP contribution in [0.3, 0.4) is 0 Å². The first-order chi connectivity index (χ1) is 8.11. The van der Waals surface area contributed by atoms with Crippen LogP contribution in [-0.4, -0.2) is 25.7 Å². The smallest absolute Gasteiger partial charge is 0.147 e. The van der Waals surface area contributed by atoms with E-state index in [2.05, 4.69) is 17.1 Å². The summed E-state index contributed by atoms with van der Waals surface area (Å²) in [5.41, 5.74) is 0.663. The number of halogens is 2. The molecule has 1 fully saturated rings. The van der Waals surface area contributed by atoms with E-state index in [4.69, 9.17) is 11.6 Å². The number of hydrogen-bond donors (Lipinski definition) is 1. The van der Waals surface area contributed by atoms with Gasteiger partial charge in [0.05, 0.1) is 5.69 Å². The summed E-state index contributed by atoms with van der Waals surface area (Å²) in [7, 11) is 1.98. The minimum absolute atomic E-state index is 0.229. The first kappa shape index (κ1) is 12.7. The number of nitrogens with one attached hydrogen (secondary N) is 1. The highest BCUT2D eigenvalue weighted by molar-refractivity contribution is 6.30. The summed E-state index contributed by atoms with van der Waals surface area (Å²) < 4.78 is 13.8. The minimum atomic E-state index is -0.229. The van der Waals surface area contributed by atoms with Crippen molar-refractivity contribution in [3.05, 3.63) is 29.0 Å². The molecule has 0 amide bonds. The second-order valence-corrected chi connectivity index (χ2v) is 5.08. The first-order valence-corrected chi connectivity index (χ1v) is 6.38. The van der Waals surface area contributed by atoms with Crippen LogP contribution in [0.4, 0.5) is 10.1 Å². The van der Waals surface area contributed by atoms with Gasteiger partial charge in [0.2, 0.25) is 0 Å². The second kappa shape index (κ2) is 5.23. The molecule has 2 unspecified atom stereocenters. The van der Waals surface area contributed by atoms with Crippen molar-refractivity contribution in [2.45, 2.75) is 31.8 Å². The van der Waals surface area contributed by atoms with Crippen molar-refractivity contribution in [2.24, 2.45) is 0 Å². The van der Waals surface area contributed by atoms with E-state index in [0.29, 0.717) is 22.8 Å². The van der Waals surface area contributed by atoms with Gasteiger partial charge in [0, 0.05) is 23.7 Å². The average Bonchev–Trinajstić information content (AvgIpc) is 2.30. The summed E-state index contributed by atoms with van der Waals surface area (Å²) in [4.78, 5) is 2.12. The molecule has 0 saturated carbocycles. The van der Waals surface area contributed by atoms with Gasteiger partial charge < -0.3 is 10.2 Å². The lowest BCUT2D eigenvalue weighted by Crippen LogP contribution is -2.47. The Morgan fingerprint density at radius 2 is 2.24 bits per heavy atom. The lowest BCUT2D eigenvalue weighted by Gasteiger charge is -2.39. The highest BCUT2D eigenvalue weighted by Gasteiger charge is 2.26. The summed E-state index contributed by atoms with van der Waals surface area (Å²) in [6.45, 7) is 3.02. The molecular formula is C13H18ClFN2. The molecule has 0 aliphatic carbocycles. The van der Waals surface area contributed by atoms with Crippen LogP contribution < -0.4 is 10.2 Å². The summed E-state index contributed by atoms with van der Waals surface area (Å²) in [6, 6.07) is 5.78. The number of anilines is 1. The van der Waals surface area contributed by atoms with Gasteiger partial charge in [-0.2, -0.15) is 0 Å². The third kappa shape index (κ3) is 2.72. The molecule has 1 aromatic carbocycles. The third-order valence-electron chi connectivity index (χ3n) is 3.50. The minimum Gasteiger partial charge on any atom is -0.366 e. The van der Waals surface area contributed by atoms with E-state index in [1.54, 1.807) is 12.1 Å². The van der Waals surface area contributed by atoms with E-state index in [1.165, 1.54) is 6.07 Å². The van der Waals surface area contributed by atoms with Crippen molar-refractivity contribution in [1.82, 2.24) is 5.32 Å². The predicted molar refractivity (Wildman–Crippen MR) is 70.3 cm³/mol. The van der Waals surface area contributed by atoms with Crippen molar-refractivity contribution in [1.29, 1.82) is 0 Å². The molecule has 1 aromatic rings. The van der Waals surface area contributed by atoms with E-state index >= 15 is 0 Å². The zero-order chi connectivity index (χ0) is 12.4. The lowest BCUT2D eigenvalue weighted by atomic mass is 9.97. The normalized spacial score (nSPS) is 25.1. The molecule has 0 spiro atoms. The maximum atomic E-state index is 13.8. The molecular weight excluding hydrogens is 239 g/mol. The first-order valence-electron chi connectivity index (χ1n) is 6.00. The van der Waals surface area contributed by atoms with E-state index in [1.807, 2.05) is 7.05 Å². The van der Waals surface area contributed by atoms with Gasteiger partial charge in [0.15, 0.2) is 0 Å². The molecule has 1 aliphatic heterocycles. The van der Waals surface area contributed by atoms with Gasteiger partial charge in [-0.15, -0.1) is 0 Å². The number of piperidine rings is 1. The summed E-state index contributed by atoms with van der Waals surface area (Å²) in [5.74, 6) is -0.229. The van der Waals surface area contributed by atoms with Crippen molar-refractivity contribution in [2.75, 3.05) is 18.5 Å². The topological polar surface area (TPSA) is 15.3 Å². The van der Waals surface area contributed by atoms with Crippen LogP contribution in [-0.2, 0) is 0 Å². The highest BCUT2D eigenvalue weighted by atomic mass is 35.5. The highest BCUT2D eigenvalue weighted by Crippen LogP contribution is 2.28. The van der Waals surface area contributed by atoms with E-state index in [-0.39, 0.29) is 5.82 Å². The molecule has 2 nitrogen and oxygen atoms in total. The molecule has 1 saturated heterocycles. The monoisotopic (exact) mass is 256 g/mol. The molecule has 1 N–H and O–H groups in total. The maximum absolute atomic E-state index is 13.8. The van der Waals surface area contributed by atoms with Crippen molar-refractivity contribution in [3.8, 4) is 0 Å². The Hall–Kier alpha value is -0.800. The quantitative estimate of drug-likeness (QED) is 0.875. The molecule has 1 heterocycles. The Bertz CT molecular complexity index is 397. The number of hydrogen-bond acceptors (Lipinski definition) is 2. The third-order valence-corrected chi connectivity index (χ3v) is 3.74. The Kier molecular flexibility index (Phi) is 3.89. The average molecular weight is 257 g/mol. The van der Waals surface area contributed by atoms with Gasteiger partial charge in [-0.05, 0) is 45.0 Å². The Morgan fingerprint density at radius 3 is 2.82 bits per heavy atom. The van der Waals surface area contributed by atoms with Gasteiger partial charge >= 0.3 is 0 Å². The number of benzene rings is 1. The molecule has 0 aromatic heterocycles. The van der Waals surface area contributed by atoms with Crippen LogP contribution in [0, 0.1) is 5.82 Å². The maximum Gasteiger partial charge on any atom is 0.147 e. The standard InChI is InChI=1S/C13H18ClFN2/c1-9-7-11(16-2)5-6-17(9)13-4-3-10(14)8-12(13)15/h3-4,8-9,11,16H,5-7H2,1-2H3. The van der Waals surface area contributed by atoms with Gasteiger partial charge in [-0.1, -0.05) is 11.6 Å². The molecule has 2 rings (SSSR count).